The number of methoxy groups -OCH3 is 1. The number of anilines is 1. The molecule has 1 fully saturated rings. The molecular formula is C20H23FN8O2S. The fraction of sp³-hybridized carbons (Fsp3) is 0.350. The first-order chi connectivity index (χ1) is 15.5. The summed E-state index contributed by atoms with van der Waals surface area (Å²) in [6, 6.07) is 4.50. The van der Waals surface area contributed by atoms with Crippen LogP contribution in [0.3, 0.4) is 0 Å². The maximum atomic E-state index is 15.1. The van der Waals surface area contributed by atoms with Crippen molar-refractivity contribution in [2.24, 2.45) is 0 Å². The molecular weight excluding hydrogens is 435 g/mol. The summed E-state index contributed by atoms with van der Waals surface area (Å²) in [5.74, 6) is -0.339. The van der Waals surface area contributed by atoms with E-state index in [0.717, 1.165) is 0 Å². The van der Waals surface area contributed by atoms with Gasteiger partial charge < -0.3 is 24.4 Å². The first kappa shape index (κ1) is 21.7. The summed E-state index contributed by atoms with van der Waals surface area (Å²) >= 11 is 5.10. The van der Waals surface area contributed by atoms with Gasteiger partial charge in [0.25, 0.3) is 5.17 Å². The number of carbonyl (C=O) groups excluding carboxylic acids is 1. The number of nitrogens with zero attached hydrogens (tertiary/aromatic N) is 6. The molecule has 1 aromatic carbocycles. The van der Waals surface area contributed by atoms with Gasteiger partial charge in [-0.3, -0.25) is 9.89 Å². The van der Waals surface area contributed by atoms with Gasteiger partial charge in [0.05, 0.1) is 19.1 Å². The fourth-order valence-electron chi connectivity index (χ4n) is 3.65. The zero-order valence-electron chi connectivity index (χ0n) is 17.4. The normalized spacial score (nSPS) is 14.8. The van der Waals surface area contributed by atoms with Gasteiger partial charge >= 0.3 is 0 Å². The predicted molar refractivity (Wildman–Crippen MR) is 118 cm³/mol. The predicted octanol–water partition coefficient (Wildman–Crippen LogP) is 1.10. The van der Waals surface area contributed by atoms with E-state index in [9.17, 15) is 4.79 Å². The Labute approximate surface area is 189 Å². The molecule has 2 aromatic heterocycles. The van der Waals surface area contributed by atoms with Crippen LogP contribution in [-0.2, 0) is 16.1 Å². The Morgan fingerprint density at radius 2 is 2.16 bits per heavy atom. The number of aromatic nitrogens is 5. The van der Waals surface area contributed by atoms with E-state index in [4.69, 9.17) is 17.0 Å². The summed E-state index contributed by atoms with van der Waals surface area (Å²) in [6.45, 7) is 2.40. The summed E-state index contributed by atoms with van der Waals surface area (Å²) in [5, 5.41) is 13.6. The average molecular weight is 459 g/mol. The van der Waals surface area contributed by atoms with E-state index in [0.29, 0.717) is 43.1 Å². The van der Waals surface area contributed by atoms with Gasteiger partial charge in [0, 0.05) is 44.8 Å². The van der Waals surface area contributed by atoms with Crippen LogP contribution in [0.5, 0.6) is 0 Å². The second-order valence-electron chi connectivity index (χ2n) is 7.28. The van der Waals surface area contributed by atoms with Gasteiger partial charge in [-0.2, -0.15) is 0 Å². The van der Waals surface area contributed by atoms with Crippen LogP contribution in [0.2, 0.25) is 0 Å². The van der Waals surface area contributed by atoms with E-state index in [1.54, 1.807) is 40.5 Å². The molecule has 0 bridgehead atoms. The number of ether oxygens (including phenoxy) is 1. The highest BCUT2D eigenvalue weighted by atomic mass is 32.1. The van der Waals surface area contributed by atoms with Crippen LogP contribution in [0.25, 0.3) is 0 Å². The van der Waals surface area contributed by atoms with Gasteiger partial charge in [-0.25, -0.2) is 9.37 Å². The van der Waals surface area contributed by atoms with E-state index >= 15 is 4.39 Å². The minimum Gasteiger partial charge on any atom is -0.474 e. The van der Waals surface area contributed by atoms with Gasteiger partial charge in [0.2, 0.25) is 5.91 Å². The van der Waals surface area contributed by atoms with Gasteiger partial charge in [-0.15, -0.1) is 5.10 Å². The van der Waals surface area contributed by atoms with Crippen molar-refractivity contribution in [3.63, 3.8) is 0 Å². The van der Waals surface area contributed by atoms with Crippen molar-refractivity contribution in [1.29, 1.82) is 0 Å². The fourth-order valence-corrected chi connectivity index (χ4v) is 3.77. The first-order valence-electron chi connectivity index (χ1n) is 10.0. The van der Waals surface area contributed by atoms with Crippen LogP contribution in [0, 0.1) is 5.82 Å². The number of nitrogens with one attached hydrogen (secondary N) is 2. The number of halogens is 1. The molecule has 3 aromatic rings. The topological polar surface area (TPSA) is 104 Å². The van der Waals surface area contributed by atoms with Crippen LogP contribution >= 0.6 is 12.2 Å². The molecule has 1 atom stereocenters. The van der Waals surface area contributed by atoms with E-state index < -0.39 is 6.04 Å². The summed E-state index contributed by atoms with van der Waals surface area (Å²) in [4.78, 5) is 20.2. The molecule has 0 aliphatic carbocycles. The first-order valence-corrected chi connectivity index (χ1v) is 10.4. The molecule has 4 rings (SSSR count). The van der Waals surface area contributed by atoms with Gasteiger partial charge in [0.1, 0.15) is 24.1 Å². The highest BCUT2D eigenvalue weighted by molar-refractivity contribution is 7.80. The molecule has 0 radical (unpaired) electrons. The number of amides is 1. The maximum Gasteiger partial charge on any atom is 0.257 e. The van der Waals surface area contributed by atoms with Crippen molar-refractivity contribution >= 4 is 29.0 Å². The molecule has 32 heavy (non-hydrogen) atoms. The van der Waals surface area contributed by atoms with Crippen molar-refractivity contribution < 1.29 is 13.9 Å². The van der Waals surface area contributed by atoms with Gasteiger partial charge in [-0.05, 0) is 29.9 Å². The molecule has 1 saturated heterocycles. The lowest BCUT2D eigenvalue weighted by molar-refractivity contribution is -0.132. The molecule has 1 aliphatic rings. The van der Waals surface area contributed by atoms with E-state index in [2.05, 4.69) is 25.7 Å². The number of imidazole rings is 1. The smallest absolute Gasteiger partial charge is 0.257 e. The maximum absolute atomic E-state index is 15.1. The van der Waals surface area contributed by atoms with Crippen LogP contribution in [0.4, 0.5) is 10.1 Å². The number of H-pyrrole nitrogens is 1. The molecule has 10 nitrogen and oxygen atoms in total. The molecule has 0 spiro atoms. The van der Waals surface area contributed by atoms with E-state index in [1.165, 1.54) is 13.2 Å². The summed E-state index contributed by atoms with van der Waals surface area (Å²) < 4.78 is 21.9. The number of hydrogen-bond donors (Lipinski definition) is 2. The third-order valence-corrected chi connectivity index (χ3v) is 5.62. The highest BCUT2D eigenvalue weighted by Crippen LogP contribution is 2.27. The van der Waals surface area contributed by atoms with Gasteiger partial charge in [0.15, 0.2) is 0 Å². The Morgan fingerprint density at radius 3 is 2.78 bits per heavy atom. The van der Waals surface area contributed by atoms with Crippen LogP contribution in [0.15, 0.2) is 43.1 Å². The monoisotopic (exact) mass is 458 g/mol. The Kier molecular flexibility index (Phi) is 6.59. The molecule has 168 valence electrons. The van der Waals surface area contributed by atoms with Crippen LogP contribution in [0.1, 0.15) is 17.3 Å². The van der Waals surface area contributed by atoms with Crippen molar-refractivity contribution in [1.82, 2.24) is 35.2 Å². The quantitative estimate of drug-likeness (QED) is 0.530. The van der Waals surface area contributed by atoms with E-state index in [-0.39, 0.29) is 23.4 Å². The SMILES string of the molecule is COC(=S)NC(c1ccc(N2CCN(C(=O)Cn3ccnc3)CC2)c(F)c1)c1c[nH]nn1. The number of rotatable bonds is 6. The second kappa shape index (κ2) is 9.73. The van der Waals surface area contributed by atoms with Crippen molar-refractivity contribution in [3.8, 4) is 0 Å². The van der Waals surface area contributed by atoms with Crippen molar-refractivity contribution in [2.45, 2.75) is 12.6 Å². The van der Waals surface area contributed by atoms with Crippen LogP contribution in [-0.4, -0.2) is 74.2 Å². The zero-order chi connectivity index (χ0) is 22.5. The minimum atomic E-state index is -0.512. The minimum absolute atomic E-state index is 0.0223. The highest BCUT2D eigenvalue weighted by Gasteiger charge is 2.25. The van der Waals surface area contributed by atoms with E-state index in [1.807, 2.05) is 11.0 Å². The summed E-state index contributed by atoms with van der Waals surface area (Å²) in [7, 11) is 1.46. The number of piperazine rings is 1. The lowest BCUT2D eigenvalue weighted by Crippen LogP contribution is -2.49. The summed E-state index contributed by atoms with van der Waals surface area (Å²) in [5.41, 5.74) is 1.68. The van der Waals surface area contributed by atoms with Gasteiger partial charge in [-0.1, -0.05) is 11.3 Å². The molecule has 12 heteroatoms. The average Bonchev–Trinajstić information content (AvgIpc) is 3.52. The Bertz CT molecular complexity index is 1050. The Hall–Kier alpha value is -3.54. The number of thiocarbonyl (C=S) groups is 1. The molecule has 2 N–H and O–H groups in total. The van der Waals surface area contributed by atoms with Crippen molar-refractivity contribution in [3.05, 3.63) is 60.2 Å². The largest absolute Gasteiger partial charge is 0.474 e. The molecule has 1 unspecified atom stereocenters. The third kappa shape index (κ3) is 4.85. The number of carbonyl (C=O) groups is 1. The summed E-state index contributed by atoms with van der Waals surface area (Å²) in [6.07, 6.45) is 6.63. The molecule has 1 aliphatic heterocycles. The number of hydrogen-bond acceptors (Lipinski definition) is 7. The second-order valence-corrected chi connectivity index (χ2v) is 7.65. The zero-order valence-corrected chi connectivity index (χ0v) is 18.3. The van der Waals surface area contributed by atoms with Crippen LogP contribution < -0.4 is 10.2 Å². The van der Waals surface area contributed by atoms with Crippen molar-refractivity contribution in [2.75, 3.05) is 38.2 Å². The lowest BCUT2D eigenvalue weighted by atomic mass is 10.0. The third-order valence-electron chi connectivity index (χ3n) is 5.33. The molecule has 0 saturated carbocycles. The lowest BCUT2D eigenvalue weighted by Gasteiger charge is -2.36. The number of benzene rings is 1. The number of aromatic amines is 1. The molecule has 3 heterocycles. The molecule has 1 amide bonds. The standard InChI is InChI=1S/C20H23FN8O2S/c1-31-20(32)24-19(16-11-23-26-25-16)14-2-3-17(15(21)10-14)28-6-8-29(9-7-28)18(30)12-27-5-4-22-13-27/h2-5,10-11,13,19H,6-9,12H2,1H3,(H,24,32)(H,23,25,26). The Morgan fingerprint density at radius 1 is 1.34 bits per heavy atom. The Balaban J connectivity index is 1.43.